The third-order valence-electron chi connectivity index (χ3n) is 5.04. The molecular formula is C21H19N3O5. The summed E-state index contributed by atoms with van der Waals surface area (Å²) < 4.78 is 24.2. The fourth-order valence-corrected chi connectivity index (χ4v) is 3.59. The largest absolute Gasteiger partial charge is 0.497 e. The lowest BCUT2D eigenvalue weighted by molar-refractivity contribution is 0.0473. The van der Waals surface area contributed by atoms with E-state index in [1.54, 1.807) is 36.1 Å². The Labute approximate surface area is 166 Å². The number of nitrogens with zero attached hydrogens (tertiary/aromatic N) is 3. The minimum Gasteiger partial charge on any atom is -0.497 e. The van der Waals surface area contributed by atoms with Gasteiger partial charge in [-0.3, -0.25) is 4.57 Å². The van der Waals surface area contributed by atoms with Crippen LogP contribution in [0.1, 0.15) is 5.56 Å². The predicted molar refractivity (Wildman–Crippen MR) is 104 cm³/mol. The minimum absolute atomic E-state index is 0.196. The van der Waals surface area contributed by atoms with Gasteiger partial charge in [0.25, 0.3) is 5.88 Å². The van der Waals surface area contributed by atoms with Crippen molar-refractivity contribution < 1.29 is 18.9 Å². The molecule has 0 saturated carbocycles. The highest BCUT2D eigenvalue weighted by atomic mass is 16.6. The van der Waals surface area contributed by atoms with E-state index in [9.17, 15) is 4.79 Å². The van der Waals surface area contributed by atoms with Gasteiger partial charge in [-0.1, -0.05) is 0 Å². The van der Waals surface area contributed by atoms with Crippen LogP contribution in [0.3, 0.4) is 0 Å². The van der Waals surface area contributed by atoms with E-state index < -0.39 is 0 Å². The summed E-state index contributed by atoms with van der Waals surface area (Å²) in [7, 11) is 1.64. The Bertz CT molecular complexity index is 1130. The molecule has 3 aromatic rings. The van der Waals surface area contributed by atoms with Crippen LogP contribution < -0.4 is 24.6 Å². The van der Waals surface area contributed by atoms with Crippen molar-refractivity contribution in [2.24, 2.45) is 0 Å². The molecule has 1 aromatic carbocycles. The van der Waals surface area contributed by atoms with Gasteiger partial charge >= 0.3 is 5.69 Å². The lowest BCUT2D eigenvalue weighted by Gasteiger charge is -2.25. The smallest absolute Gasteiger partial charge is 0.351 e. The van der Waals surface area contributed by atoms with Gasteiger partial charge in [-0.25, -0.2) is 9.78 Å². The lowest BCUT2D eigenvalue weighted by atomic mass is 9.97. The number of ether oxygens (including phenoxy) is 4. The Morgan fingerprint density at radius 1 is 1.28 bits per heavy atom. The SMILES string of the molecule is COc1ccc2c(c1)CCn1c-2cc(OCC2COc3cccnc3O2)nc1=O. The van der Waals surface area contributed by atoms with E-state index >= 15 is 0 Å². The minimum atomic E-state index is -0.338. The van der Waals surface area contributed by atoms with Gasteiger partial charge in [-0.2, -0.15) is 4.98 Å². The second-order valence-electron chi connectivity index (χ2n) is 6.86. The molecular weight excluding hydrogens is 374 g/mol. The number of methoxy groups -OCH3 is 1. The molecule has 2 aliphatic rings. The molecule has 2 aliphatic heterocycles. The zero-order valence-corrected chi connectivity index (χ0v) is 15.8. The summed E-state index contributed by atoms with van der Waals surface area (Å²) in [4.78, 5) is 20.7. The molecule has 29 heavy (non-hydrogen) atoms. The summed E-state index contributed by atoms with van der Waals surface area (Å²) in [6.07, 6.45) is 2.06. The van der Waals surface area contributed by atoms with Crippen LogP contribution in [-0.2, 0) is 13.0 Å². The molecule has 0 aliphatic carbocycles. The molecule has 4 heterocycles. The van der Waals surface area contributed by atoms with E-state index in [4.69, 9.17) is 18.9 Å². The third kappa shape index (κ3) is 3.26. The van der Waals surface area contributed by atoms with Crippen LogP contribution in [0.5, 0.6) is 23.3 Å². The van der Waals surface area contributed by atoms with Crippen molar-refractivity contribution in [3.05, 3.63) is 58.6 Å². The van der Waals surface area contributed by atoms with Crippen LogP contribution in [0.25, 0.3) is 11.3 Å². The fraction of sp³-hybridized carbons (Fsp3) is 0.286. The van der Waals surface area contributed by atoms with Gasteiger partial charge in [-0.15, -0.1) is 0 Å². The third-order valence-corrected chi connectivity index (χ3v) is 5.04. The number of hydrogen-bond acceptors (Lipinski definition) is 7. The molecule has 0 bridgehead atoms. The summed E-state index contributed by atoms with van der Waals surface area (Å²) in [5.74, 6) is 2.11. The van der Waals surface area contributed by atoms with Gasteiger partial charge in [0, 0.05) is 24.4 Å². The van der Waals surface area contributed by atoms with Crippen LogP contribution in [0, 0.1) is 0 Å². The second-order valence-corrected chi connectivity index (χ2v) is 6.86. The Hall–Kier alpha value is -3.55. The zero-order chi connectivity index (χ0) is 19.8. The summed E-state index contributed by atoms with van der Waals surface area (Å²) in [5.41, 5.74) is 2.58. The molecule has 8 heteroatoms. The van der Waals surface area contributed by atoms with Crippen LogP contribution in [0.2, 0.25) is 0 Å². The molecule has 2 aromatic heterocycles. The van der Waals surface area contributed by atoms with Gasteiger partial charge in [0.2, 0.25) is 5.88 Å². The second kappa shape index (κ2) is 7.12. The highest BCUT2D eigenvalue weighted by molar-refractivity contribution is 5.67. The molecule has 0 radical (unpaired) electrons. The summed E-state index contributed by atoms with van der Waals surface area (Å²) >= 11 is 0. The van der Waals surface area contributed by atoms with Crippen molar-refractivity contribution in [3.8, 4) is 34.5 Å². The van der Waals surface area contributed by atoms with Gasteiger partial charge in [-0.05, 0) is 42.3 Å². The van der Waals surface area contributed by atoms with Crippen molar-refractivity contribution in [1.29, 1.82) is 0 Å². The number of fused-ring (bicyclic) bond motifs is 4. The Morgan fingerprint density at radius 2 is 2.21 bits per heavy atom. The first-order chi connectivity index (χ1) is 14.2. The molecule has 0 spiro atoms. The first-order valence-electron chi connectivity index (χ1n) is 9.38. The van der Waals surface area contributed by atoms with E-state index in [1.807, 2.05) is 18.2 Å². The van der Waals surface area contributed by atoms with Gasteiger partial charge in [0.1, 0.15) is 19.0 Å². The number of pyridine rings is 1. The van der Waals surface area contributed by atoms with Crippen molar-refractivity contribution in [2.45, 2.75) is 19.1 Å². The van der Waals surface area contributed by atoms with E-state index in [2.05, 4.69) is 9.97 Å². The van der Waals surface area contributed by atoms with E-state index in [1.165, 1.54) is 0 Å². The normalized spacial score (nSPS) is 16.5. The molecule has 1 atom stereocenters. The highest BCUT2D eigenvalue weighted by Crippen LogP contribution is 2.32. The van der Waals surface area contributed by atoms with Gasteiger partial charge in [0.05, 0.1) is 12.8 Å². The zero-order valence-electron chi connectivity index (χ0n) is 15.8. The summed E-state index contributed by atoms with van der Waals surface area (Å²) in [5, 5.41) is 0. The average molecular weight is 393 g/mol. The Morgan fingerprint density at radius 3 is 3.10 bits per heavy atom. The predicted octanol–water partition coefficient (Wildman–Crippen LogP) is 2.09. The lowest BCUT2D eigenvalue weighted by Crippen LogP contribution is -2.35. The number of benzene rings is 1. The molecule has 0 saturated heterocycles. The maximum Gasteiger partial charge on any atom is 0.351 e. The maximum atomic E-state index is 12.5. The quantitative estimate of drug-likeness (QED) is 0.671. The van der Waals surface area contributed by atoms with Gasteiger partial charge < -0.3 is 18.9 Å². The maximum absolute atomic E-state index is 12.5. The topological polar surface area (TPSA) is 84.7 Å². The molecule has 1 unspecified atom stereocenters. The van der Waals surface area contributed by atoms with Crippen LogP contribution >= 0.6 is 0 Å². The average Bonchev–Trinajstić information content (AvgIpc) is 2.77. The first-order valence-corrected chi connectivity index (χ1v) is 9.38. The first kappa shape index (κ1) is 17.5. The molecule has 148 valence electrons. The molecule has 5 rings (SSSR count). The van der Waals surface area contributed by atoms with E-state index in [0.717, 1.165) is 29.0 Å². The molecule has 0 N–H and O–H groups in total. The molecule has 8 nitrogen and oxygen atoms in total. The molecule has 0 fully saturated rings. The van der Waals surface area contributed by atoms with E-state index in [0.29, 0.717) is 24.8 Å². The van der Waals surface area contributed by atoms with Crippen LogP contribution in [-0.4, -0.2) is 41.0 Å². The van der Waals surface area contributed by atoms with Crippen molar-refractivity contribution in [2.75, 3.05) is 20.3 Å². The van der Waals surface area contributed by atoms with E-state index in [-0.39, 0.29) is 24.3 Å². The monoisotopic (exact) mass is 393 g/mol. The number of aryl methyl sites for hydroxylation is 1. The van der Waals surface area contributed by atoms with Crippen molar-refractivity contribution in [1.82, 2.24) is 14.5 Å². The van der Waals surface area contributed by atoms with Crippen molar-refractivity contribution in [3.63, 3.8) is 0 Å². The fourth-order valence-electron chi connectivity index (χ4n) is 3.59. The van der Waals surface area contributed by atoms with Crippen molar-refractivity contribution >= 4 is 0 Å². The number of hydrogen-bond donors (Lipinski definition) is 0. The van der Waals surface area contributed by atoms with Crippen LogP contribution in [0.4, 0.5) is 0 Å². The Balaban J connectivity index is 1.37. The molecule has 0 amide bonds. The summed E-state index contributed by atoms with van der Waals surface area (Å²) in [6.45, 7) is 1.11. The number of aromatic nitrogens is 3. The Kier molecular flexibility index (Phi) is 4.31. The highest BCUT2D eigenvalue weighted by Gasteiger charge is 2.24. The summed E-state index contributed by atoms with van der Waals surface area (Å²) in [6, 6.07) is 11.2. The van der Waals surface area contributed by atoms with Gasteiger partial charge in [0.15, 0.2) is 11.9 Å². The standard InChI is InChI=1S/C21H19N3O5/c1-26-14-4-5-16-13(9-14)6-8-24-17(16)10-19(23-21(24)25)28-12-15-11-27-18-3-2-7-22-20(18)29-15/h2-5,7,9-10,15H,6,8,11-12H2,1H3. The number of rotatable bonds is 4. The van der Waals surface area contributed by atoms with Crippen LogP contribution in [0.15, 0.2) is 47.4 Å².